The zero-order valence-corrected chi connectivity index (χ0v) is 16.4. The fourth-order valence-corrected chi connectivity index (χ4v) is 3.08. The summed E-state index contributed by atoms with van der Waals surface area (Å²) in [4.78, 5) is 22.3. The van der Waals surface area contributed by atoms with Gasteiger partial charge in [-0.15, -0.1) is 10.2 Å². The minimum Gasteiger partial charge on any atom is -0.476 e. The molecule has 30 heavy (non-hydrogen) atoms. The highest BCUT2D eigenvalue weighted by Gasteiger charge is 2.21. The van der Waals surface area contributed by atoms with Gasteiger partial charge in [-0.05, 0) is 22.9 Å². The molecule has 0 saturated carbocycles. The summed E-state index contributed by atoms with van der Waals surface area (Å²) in [6.45, 7) is 0.418. The van der Waals surface area contributed by atoms with Crippen LogP contribution in [0.4, 0.5) is 0 Å². The molecule has 0 fully saturated rings. The van der Waals surface area contributed by atoms with E-state index in [-0.39, 0.29) is 17.9 Å². The van der Waals surface area contributed by atoms with Crippen molar-refractivity contribution < 1.29 is 9.90 Å². The molecule has 0 aliphatic carbocycles. The van der Waals surface area contributed by atoms with Crippen LogP contribution in [0.3, 0.4) is 0 Å². The van der Waals surface area contributed by atoms with Gasteiger partial charge in [0.05, 0.1) is 17.1 Å². The number of nitrogens with two attached hydrogens (primary N) is 1. The van der Waals surface area contributed by atoms with Gasteiger partial charge in [0, 0.05) is 22.7 Å². The van der Waals surface area contributed by atoms with Crippen LogP contribution in [0.25, 0.3) is 22.5 Å². The van der Waals surface area contributed by atoms with Gasteiger partial charge >= 0.3 is 5.97 Å². The van der Waals surface area contributed by atoms with Gasteiger partial charge in [-0.1, -0.05) is 48.0 Å². The molecular weight excluding hydrogens is 406 g/mol. The quantitative estimate of drug-likeness (QED) is 0.485. The van der Waals surface area contributed by atoms with Crippen LogP contribution in [-0.4, -0.2) is 41.3 Å². The standard InChI is InChI=1S/C20H16ClN7O2/c21-15-7-5-14(6-8-15)17-18(13-3-1-12(9-22)2-4-13)26-19(20(29)30)16(25-17)10-28-24-11-23-27-28/h1-8,11H,9-10,22H2,(H,29,30). The largest absolute Gasteiger partial charge is 0.476 e. The first-order chi connectivity index (χ1) is 14.5. The van der Waals surface area contributed by atoms with Crippen LogP contribution in [0.2, 0.25) is 5.02 Å². The Morgan fingerprint density at radius 2 is 1.63 bits per heavy atom. The Balaban J connectivity index is 1.92. The van der Waals surface area contributed by atoms with Gasteiger partial charge in [-0.25, -0.2) is 14.8 Å². The topological polar surface area (TPSA) is 133 Å². The van der Waals surface area contributed by atoms with Crippen LogP contribution < -0.4 is 5.73 Å². The number of benzene rings is 2. The average Bonchev–Trinajstić information content (AvgIpc) is 3.27. The molecule has 0 spiro atoms. The van der Waals surface area contributed by atoms with Gasteiger partial charge in [0.15, 0.2) is 12.0 Å². The van der Waals surface area contributed by atoms with E-state index >= 15 is 0 Å². The Morgan fingerprint density at radius 3 is 2.20 bits per heavy atom. The molecule has 0 aliphatic heterocycles. The van der Waals surface area contributed by atoms with Crippen molar-refractivity contribution in [2.45, 2.75) is 13.1 Å². The van der Waals surface area contributed by atoms with E-state index in [4.69, 9.17) is 17.3 Å². The number of aromatic carboxylic acids is 1. The second kappa shape index (κ2) is 8.36. The Kier molecular flexibility index (Phi) is 5.46. The van der Waals surface area contributed by atoms with E-state index in [1.807, 2.05) is 36.4 Å². The minimum absolute atomic E-state index is 0.0155. The third-order valence-electron chi connectivity index (χ3n) is 4.43. The molecule has 10 heteroatoms. The zero-order valence-electron chi connectivity index (χ0n) is 15.6. The van der Waals surface area contributed by atoms with Crippen LogP contribution in [0.1, 0.15) is 21.7 Å². The van der Waals surface area contributed by atoms with Gasteiger partial charge in [0.25, 0.3) is 0 Å². The van der Waals surface area contributed by atoms with Gasteiger partial charge < -0.3 is 10.8 Å². The number of rotatable bonds is 6. The molecule has 4 aromatic rings. The first-order valence-corrected chi connectivity index (χ1v) is 9.33. The van der Waals surface area contributed by atoms with Crippen LogP contribution in [0.5, 0.6) is 0 Å². The molecule has 0 aliphatic rings. The lowest BCUT2D eigenvalue weighted by atomic mass is 10.0. The first kappa shape index (κ1) is 19.6. The number of halogens is 1. The summed E-state index contributed by atoms with van der Waals surface area (Å²) in [5.74, 6) is -1.19. The summed E-state index contributed by atoms with van der Waals surface area (Å²) < 4.78 is 0. The SMILES string of the molecule is NCc1ccc(-c2nc(C(=O)O)c(Cn3ncnn3)nc2-c2ccc(Cl)cc2)cc1. The number of nitrogens with zero attached hydrogens (tertiary/aromatic N) is 6. The lowest BCUT2D eigenvalue weighted by Gasteiger charge is -2.13. The van der Waals surface area contributed by atoms with Crippen molar-refractivity contribution in [2.75, 3.05) is 0 Å². The number of tetrazole rings is 1. The summed E-state index contributed by atoms with van der Waals surface area (Å²) >= 11 is 6.03. The smallest absolute Gasteiger partial charge is 0.356 e. The summed E-state index contributed by atoms with van der Waals surface area (Å²) in [7, 11) is 0. The lowest BCUT2D eigenvalue weighted by molar-refractivity contribution is 0.0688. The van der Waals surface area contributed by atoms with Crippen molar-refractivity contribution in [1.29, 1.82) is 0 Å². The monoisotopic (exact) mass is 421 g/mol. The molecule has 0 bridgehead atoms. The maximum Gasteiger partial charge on any atom is 0.356 e. The number of hydrogen-bond donors (Lipinski definition) is 2. The minimum atomic E-state index is -1.19. The van der Waals surface area contributed by atoms with E-state index in [1.54, 1.807) is 12.1 Å². The van der Waals surface area contributed by atoms with Crippen LogP contribution in [0.15, 0.2) is 54.9 Å². The molecule has 2 aromatic heterocycles. The van der Waals surface area contributed by atoms with Gasteiger partial charge in [-0.3, -0.25) is 0 Å². The summed E-state index contributed by atoms with van der Waals surface area (Å²) in [6.07, 6.45) is 1.27. The van der Waals surface area contributed by atoms with Crippen LogP contribution in [0, 0.1) is 0 Å². The van der Waals surface area contributed by atoms with Crippen molar-refractivity contribution in [3.63, 3.8) is 0 Å². The Hall–Kier alpha value is -3.69. The van der Waals surface area contributed by atoms with Crippen molar-refractivity contribution in [3.8, 4) is 22.5 Å². The third-order valence-corrected chi connectivity index (χ3v) is 4.69. The van der Waals surface area contributed by atoms with E-state index in [2.05, 4.69) is 25.4 Å². The molecule has 2 aromatic carbocycles. The molecule has 9 nitrogen and oxygen atoms in total. The maximum absolute atomic E-state index is 11.9. The zero-order chi connectivity index (χ0) is 21.1. The highest BCUT2D eigenvalue weighted by atomic mass is 35.5. The highest BCUT2D eigenvalue weighted by Crippen LogP contribution is 2.31. The second-order valence-electron chi connectivity index (χ2n) is 6.40. The van der Waals surface area contributed by atoms with Crippen LogP contribution in [-0.2, 0) is 13.1 Å². The van der Waals surface area contributed by atoms with Gasteiger partial charge in [-0.2, -0.15) is 4.80 Å². The average molecular weight is 422 g/mol. The fraction of sp³-hybridized carbons (Fsp3) is 0.100. The van der Waals surface area contributed by atoms with Crippen LogP contribution >= 0.6 is 11.6 Å². The summed E-state index contributed by atoms with van der Waals surface area (Å²) in [6, 6.07) is 14.5. The number of carboxylic acid groups (broad SMARTS) is 1. The molecule has 0 saturated heterocycles. The molecular formula is C20H16ClN7O2. The Labute approximate surface area is 176 Å². The number of carbonyl (C=O) groups is 1. The molecule has 4 rings (SSSR count). The molecule has 0 atom stereocenters. The number of carboxylic acids is 1. The van der Waals surface area contributed by atoms with E-state index < -0.39 is 5.97 Å². The van der Waals surface area contributed by atoms with E-state index in [9.17, 15) is 9.90 Å². The Bertz CT molecular complexity index is 1180. The molecule has 0 unspecified atom stereocenters. The maximum atomic E-state index is 11.9. The number of aromatic nitrogens is 6. The molecule has 0 radical (unpaired) electrons. The summed E-state index contributed by atoms with van der Waals surface area (Å²) in [5.41, 5.74) is 9.10. The van der Waals surface area contributed by atoms with Crippen molar-refractivity contribution in [2.24, 2.45) is 5.73 Å². The predicted molar refractivity (Wildman–Crippen MR) is 110 cm³/mol. The molecule has 0 amide bonds. The van der Waals surface area contributed by atoms with Crippen molar-refractivity contribution in [1.82, 2.24) is 30.2 Å². The molecule has 3 N–H and O–H groups in total. The summed E-state index contributed by atoms with van der Waals surface area (Å²) in [5, 5.41) is 21.7. The highest BCUT2D eigenvalue weighted by molar-refractivity contribution is 6.30. The van der Waals surface area contributed by atoms with Gasteiger partial charge in [0.1, 0.15) is 6.54 Å². The van der Waals surface area contributed by atoms with Crippen molar-refractivity contribution in [3.05, 3.63) is 76.8 Å². The molecule has 2 heterocycles. The van der Waals surface area contributed by atoms with E-state index in [0.717, 1.165) is 16.7 Å². The lowest BCUT2D eigenvalue weighted by Crippen LogP contribution is -2.15. The first-order valence-electron chi connectivity index (χ1n) is 8.95. The van der Waals surface area contributed by atoms with Gasteiger partial charge in [0.2, 0.25) is 0 Å². The van der Waals surface area contributed by atoms with Crippen molar-refractivity contribution >= 4 is 17.6 Å². The van der Waals surface area contributed by atoms with E-state index in [0.29, 0.717) is 23.0 Å². The fourth-order valence-electron chi connectivity index (χ4n) is 2.96. The predicted octanol–water partition coefficient (Wildman–Crippen LogP) is 2.66. The molecule has 150 valence electrons. The van der Waals surface area contributed by atoms with E-state index in [1.165, 1.54) is 11.1 Å². The number of hydrogen-bond acceptors (Lipinski definition) is 7. The third kappa shape index (κ3) is 4.02. The normalized spacial score (nSPS) is 10.9. The second-order valence-corrected chi connectivity index (χ2v) is 6.83. The Morgan fingerprint density at radius 1 is 1.00 bits per heavy atom.